The number of hydrogen-bond donors (Lipinski definition) is 1. The van der Waals surface area contributed by atoms with Crippen molar-refractivity contribution in [1.29, 1.82) is 0 Å². The number of fused-ring (bicyclic) bond motifs is 1. The second kappa shape index (κ2) is 9.01. The van der Waals surface area contributed by atoms with Crippen LogP contribution in [0.15, 0.2) is 48.7 Å². The van der Waals surface area contributed by atoms with Crippen LogP contribution < -0.4 is 4.90 Å². The molecule has 0 spiro atoms. The molecule has 1 N–H and O–H groups in total. The largest absolute Gasteiger partial charge is 0.416 e. The molecule has 1 aromatic heterocycles. The second-order valence-corrected chi connectivity index (χ2v) is 9.36. The molecule has 176 valence electrons. The summed E-state index contributed by atoms with van der Waals surface area (Å²) in [6, 6.07) is 11.2. The molecular weight excluding hydrogens is 430 g/mol. The molecule has 0 radical (unpaired) electrons. The first-order valence-electron chi connectivity index (χ1n) is 11.8. The van der Waals surface area contributed by atoms with Gasteiger partial charge in [0.05, 0.1) is 5.56 Å². The lowest BCUT2D eigenvalue weighted by Crippen LogP contribution is -2.40. The van der Waals surface area contributed by atoms with Crippen molar-refractivity contribution in [2.75, 3.05) is 31.1 Å². The van der Waals surface area contributed by atoms with E-state index in [1.54, 1.807) is 12.1 Å². The summed E-state index contributed by atoms with van der Waals surface area (Å²) in [5, 5.41) is 1.12. The van der Waals surface area contributed by atoms with E-state index < -0.39 is 11.7 Å². The Balaban J connectivity index is 1.20. The lowest BCUT2D eigenvalue weighted by Gasteiger charge is -2.36. The highest BCUT2D eigenvalue weighted by Gasteiger charge is 2.32. The summed E-state index contributed by atoms with van der Waals surface area (Å²) in [6.45, 7) is 3.38. The van der Waals surface area contributed by atoms with Crippen molar-refractivity contribution in [2.24, 2.45) is 0 Å². The van der Waals surface area contributed by atoms with Crippen LogP contribution in [-0.2, 0) is 6.18 Å². The van der Waals surface area contributed by atoms with E-state index in [-0.39, 0.29) is 5.82 Å². The van der Waals surface area contributed by atoms with E-state index in [0.29, 0.717) is 17.6 Å². The van der Waals surface area contributed by atoms with E-state index in [2.05, 4.69) is 14.8 Å². The van der Waals surface area contributed by atoms with Gasteiger partial charge in [0.25, 0.3) is 0 Å². The SMILES string of the molecule is Fc1ccc2c(C3CCC(N4CCCN(c5cccc(C(F)(F)F)c5)CC4)CC3)c[nH]c2c1. The molecule has 5 rings (SSSR count). The first-order valence-corrected chi connectivity index (χ1v) is 11.8. The van der Waals surface area contributed by atoms with E-state index in [1.807, 2.05) is 12.3 Å². The molecule has 0 amide bonds. The quantitative estimate of drug-likeness (QED) is 0.448. The zero-order valence-electron chi connectivity index (χ0n) is 18.5. The zero-order valence-corrected chi connectivity index (χ0v) is 18.5. The molecule has 3 aromatic rings. The standard InChI is InChI=1S/C26H29F4N3/c27-20-7-10-23-24(17-31-25(23)16-20)18-5-8-21(9-6-18)32-11-2-12-33(14-13-32)22-4-1-3-19(15-22)26(28,29)30/h1,3-4,7,10,15-18,21,31H,2,5-6,8-9,11-14H2. The monoisotopic (exact) mass is 459 g/mol. The summed E-state index contributed by atoms with van der Waals surface area (Å²) in [7, 11) is 0. The Morgan fingerprint density at radius 3 is 2.48 bits per heavy atom. The second-order valence-electron chi connectivity index (χ2n) is 9.36. The fourth-order valence-corrected chi connectivity index (χ4v) is 5.65. The Morgan fingerprint density at radius 2 is 1.70 bits per heavy atom. The molecule has 2 aliphatic rings. The van der Waals surface area contributed by atoms with Gasteiger partial charge in [-0.2, -0.15) is 13.2 Å². The van der Waals surface area contributed by atoms with Gasteiger partial charge in [0.15, 0.2) is 0 Å². The Bertz CT molecular complexity index is 1100. The third-order valence-corrected chi connectivity index (χ3v) is 7.40. The number of nitrogens with one attached hydrogen (secondary N) is 1. The number of rotatable bonds is 3. The molecule has 33 heavy (non-hydrogen) atoms. The van der Waals surface area contributed by atoms with Crippen molar-refractivity contribution in [3.8, 4) is 0 Å². The number of aromatic nitrogens is 1. The molecule has 7 heteroatoms. The molecule has 0 bridgehead atoms. The van der Waals surface area contributed by atoms with Gasteiger partial charge in [0, 0.05) is 55.0 Å². The third kappa shape index (κ3) is 4.74. The fraction of sp³-hybridized carbons (Fsp3) is 0.462. The number of aromatic amines is 1. The maximum Gasteiger partial charge on any atom is 0.416 e. The van der Waals surface area contributed by atoms with E-state index >= 15 is 0 Å². The van der Waals surface area contributed by atoms with Crippen molar-refractivity contribution < 1.29 is 17.6 Å². The zero-order chi connectivity index (χ0) is 23.0. The number of halogens is 4. The van der Waals surface area contributed by atoms with Gasteiger partial charge in [-0.25, -0.2) is 4.39 Å². The van der Waals surface area contributed by atoms with Gasteiger partial charge in [-0.1, -0.05) is 6.07 Å². The molecule has 2 heterocycles. The van der Waals surface area contributed by atoms with Crippen LogP contribution in [0.2, 0.25) is 0 Å². The topological polar surface area (TPSA) is 22.3 Å². The highest BCUT2D eigenvalue weighted by atomic mass is 19.4. The molecular formula is C26H29F4N3. The predicted molar refractivity (Wildman–Crippen MR) is 123 cm³/mol. The maximum atomic E-state index is 13.5. The smallest absolute Gasteiger partial charge is 0.370 e. The first-order chi connectivity index (χ1) is 15.9. The Kier molecular flexibility index (Phi) is 6.08. The van der Waals surface area contributed by atoms with Crippen molar-refractivity contribution in [2.45, 2.75) is 50.2 Å². The van der Waals surface area contributed by atoms with Crippen molar-refractivity contribution in [1.82, 2.24) is 9.88 Å². The van der Waals surface area contributed by atoms with E-state index in [9.17, 15) is 17.6 Å². The number of alkyl halides is 3. The summed E-state index contributed by atoms with van der Waals surface area (Å²) >= 11 is 0. The summed E-state index contributed by atoms with van der Waals surface area (Å²) in [5.74, 6) is 0.258. The molecule has 2 aromatic carbocycles. The number of hydrogen-bond acceptors (Lipinski definition) is 2. The number of benzene rings is 2. The summed E-state index contributed by atoms with van der Waals surface area (Å²) in [6.07, 6.45) is 3.10. The number of anilines is 1. The van der Waals surface area contributed by atoms with Crippen molar-refractivity contribution in [3.05, 3.63) is 65.6 Å². The highest BCUT2D eigenvalue weighted by Crippen LogP contribution is 2.38. The molecule has 0 atom stereocenters. The van der Waals surface area contributed by atoms with E-state index in [4.69, 9.17) is 0 Å². The molecule has 1 aliphatic carbocycles. The highest BCUT2D eigenvalue weighted by molar-refractivity contribution is 5.83. The van der Waals surface area contributed by atoms with Crippen LogP contribution in [0.5, 0.6) is 0 Å². The van der Waals surface area contributed by atoms with Crippen LogP contribution in [0, 0.1) is 5.82 Å². The number of H-pyrrole nitrogens is 1. The minimum absolute atomic E-state index is 0.222. The van der Waals surface area contributed by atoms with Gasteiger partial charge in [0.1, 0.15) is 5.82 Å². The minimum atomic E-state index is -4.31. The van der Waals surface area contributed by atoms with Crippen LogP contribution in [0.4, 0.5) is 23.2 Å². The Hall–Kier alpha value is -2.54. The lowest BCUT2D eigenvalue weighted by atomic mass is 9.81. The molecule has 1 saturated carbocycles. The summed E-state index contributed by atoms with van der Waals surface area (Å²) in [4.78, 5) is 7.84. The van der Waals surface area contributed by atoms with Gasteiger partial charge in [0.2, 0.25) is 0 Å². The van der Waals surface area contributed by atoms with E-state index in [1.165, 1.54) is 23.8 Å². The molecule has 3 nitrogen and oxygen atoms in total. The van der Waals surface area contributed by atoms with Crippen LogP contribution in [0.1, 0.15) is 49.1 Å². The fourth-order valence-electron chi connectivity index (χ4n) is 5.65. The van der Waals surface area contributed by atoms with Crippen molar-refractivity contribution >= 4 is 16.6 Å². The van der Waals surface area contributed by atoms with Gasteiger partial charge < -0.3 is 9.88 Å². The maximum absolute atomic E-state index is 13.5. The van der Waals surface area contributed by atoms with E-state index in [0.717, 1.165) is 75.3 Å². The summed E-state index contributed by atoms with van der Waals surface area (Å²) < 4.78 is 52.8. The normalized spacial score (nSPS) is 23.1. The van der Waals surface area contributed by atoms with Gasteiger partial charge in [-0.3, -0.25) is 4.90 Å². The first kappa shape index (κ1) is 22.3. The summed E-state index contributed by atoms with van der Waals surface area (Å²) in [5.41, 5.74) is 2.22. The van der Waals surface area contributed by atoms with Gasteiger partial charge in [-0.05, 0) is 80.0 Å². The average molecular weight is 460 g/mol. The number of nitrogens with zero attached hydrogens (tertiary/aromatic N) is 2. The van der Waals surface area contributed by atoms with Crippen LogP contribution >= 0.6 is 0 Å². The van der Waals surface area contributed by atoms with Crippen LogP contribution in [0.3, 0.4) is 0 Å². The Labute approximate surface area is 191 Å². The molecule has 2 fully saturated rings. The minimum Gasteiger partial charge on any atom is -0.370 e. The van der Waals surface area contributed by atoms with Crippen LogP contribution in [-0.4, -0.2) is 42.1 Å². The van der Waals surface area contributed by atoms with Gasteiger partial charge >= 0.3 is 6.18 Å². The third-order valence-electron chi connectivity index (χ3n) is 7.40. The Morgan fingerprint density at radius 1 is 0.879 bits per heavy atom. The predicted octanol–water partition coefficient (Wildman–Crippen LogP) is 6.56. The lowest BCUT2D eigenvalue weighted by molar-refractivity contribution is -0.137. The molecule has 0 unspecified atom stereocenters. The molecule has 1 aliphatic heterocycles. The average Bonchev–Trinajstić information content (AvgIpc) is 3.06. The molecule has 1 saturated heterocycles. The van der Waals surface area contributed by atoms with Crippen LogP contribution in [0.25, 0.3) is 10.9 Å². The van der Waals surface area contributed by atoms with Gasteiger partial charge in [-0.15, -0.1) is 0 Å². The van der Waals surface area contributed by atoms with Crippen molar-refractivity contribution in [3.63, 3.8) is 0 Å².